The lowest BCUT2D eigenvalue weighted by Crippen LogP contribution is -2.40. The molecule has 0 spiro atoms. The van der Waals surface area contributed by atoms with Crippen molar-refractivity contribution in [2.75, 3.05) is 19.8 Å². The van der Waals surface area contributed by atoms with Gasteiger partial charge in [0.15, 0.2) is 0 Å². The first-order valence-electron chi connectivity index (χ1n) is 9.01. The number of nitrogens with zero attached hydrogens (tertiary/aromatic N) is 1. The first-order chi connectivity index (χ1) is 12.1. The van der Waals surface area contributed by atoms with Crippen LogP contribution in [0.1, 0.15) is 46.0 Å². The number of hydrogen-bond acceptors (Lipinski definition) is 4. The Bertz CT molecular complexity index is 638. The molecule has 3 atom stereocenters. The minimum Gasteiger partial charge on any atom is -0.379 e. The number of rotatable bonds is 10. The maximum absolute atomic E-state index is 12.5. The predicted octanol–water partition coefficient (Wildman–Crippen LogP) is 3.21. The van der Waals surface area contributed by atoms with Crippen LogP contribution >= 0.6 is 0 Å². The lowest BCUT2D eigenvalue weighted by Gasteiger charge is -2.24. The van der Waals surface area contributed by atoms with Crippen LogP contribution in [0, 0.1) is 5.92 Å². The molecule has 0 fully saturated rings. The maximum Gasteiger partial charge on any atom is 0.249 e. The zero-order valence-electron chi connectivity index (χ0n) is 15.5. The summed E-state index contributed by atoms with van der Waals surface area (Å²) in [6, 6.07) is 7.70. The van der Waals surface area contributed by atoms with Crippen LogP contribution in [0.2, 0.25) is 0 Å². The summed E-state index contributed by atoms with van der Waals surface area (Å²) in [6.07, 6.45) is 0.401. The van der Waals surface area contributed by atoms with E-state index in [2.05, 4.69) is 29.1 Å². The van der Waals surface area contributed by atoms with Gasteiger partial charge in [-0.3, -0.25) is 4.79 Å². The molecule has 1 aromatic carbocycles. The Labute approximate surface area is 149 Å². The minimum atomic E-state index is -0.531. The number of nitrogens with one attached hydrogen (secondary N) is 2. The van der Waals surface area contributed by atoms with Crippen LogP contribution in [0.5, 0.6) is 0 Å². The zero-order valence-corrected chi connectivity index (χ0v) is 15.5. The number of benzene rings is 1. The third-order valence-corrected chi connectivity index (χ3v) is 4.38. The molecule has 2 N–H and O–H groups in total. The molecular weight excluding hydrogens is 318 g/mol. The zero-order chi connectivity index (χ0) is 18.2. The number of para-hydroxylation sites is 2. The first kappa shape index (κ1) is 19.4. The van der Waals surface area contributed by atoms with E-state index in [4.69, 9.17) is 9.47 Å². The van der Waals surface area contributed by atoms with Gasteiger partial charge < -0.3 is 19.8 Å². The Kier molecular flexibility index (Phi) is 7.40. The Hall–Kier alpha value is -1.92. The molecule has 0 aliphatic rings. The number of fused-ring (bicyclic) bond motifs is 1. The number of H-pyrrole nitrogens is 1. The fourth-order valence-electron chi connectivity index (χ4n) is 2.61. The van der Waals surface area contributed by atoms with Gasteiger partial charge in [0.2, 0.25) is 5.91 Å². The summed E-state index contributed by atoms with van der Waals surface area (Å²) < 4.78 is 10.8. The lowest BCUT2D eigenvalue weighted by atomic mass is 9.98. The van der Waals surface area contributed by atoms with E-state index in [0.29, 0.717) is 19.8 Å². The molecule has 0 saturated carbocycles. The number of carbonyl (C=O) groups is 1. The third kappa shape index (κ3) is 5.28. The average molecular weight is 347 g/mol. The van der Waals surface area contributed by atoms with Gasteiger partial charge in [0.25, 0.3) is 0 Å². The van der Waals surface area contributed by atoms with Crippen molar-refractivity contribution in [3.05, 3.63) is 30.1 Å². The average Bonchev–Trinajstić information content (AvgIpc) is 3.05. The fourth-order valence-corrected chi connectivity index (χ4v) is 2.61. The molecule has 25 heavy (non-hydrogen) atoms. The second kappa shape index (κ2) is 9.53. The predicted molar refractivity (Wildman–Crippen MR) is 98.3 cm³/mol. The second-order valence-corrected chi connectivity index (χ2v) is 6.22. The summed E-state index contributed by atoms with van der Waals surface area (Å²) in [5.74, 6) is 0.896. The van der Waals surface area contributed by atoms with E-state index >= 15 is 0 Å². The van der Waals surface area contributed by atoms with E-state index in [1.165, 1.54) is 0 Å². The summed E-state index contributed by atoms with van der Waals surface area (Å²) in [6.45, 7) is 9.45. The van der Waals surface area contributed by atoms with Gasteiger partial charge in [0.05, 0.1) is 30.3 Å². The van der Waals surface area contributed by atoms with Crippen molar-refractivity contribution in [2.24, 2.45) is 5.92 Å². The highest BCUT2D eigenvalue weighted by Gasteiger charge is 2.25. The molecule has 6 heteroatoms. The van der Waals surface area contributed by atoms with E-state index in [-0.39, 0.29) is 17.9 Å². The molecule has 0 bridgehead atoms. The number of aromatic nitrogens is 2. The number of ether oxygens (including phenoxy) is 2. The quantitative estimate of drug-likeness (QED) is 0.647. The van der Waals surface area contributed by atoms with Crippen LogP contribution in [-0.4, -0.2) is 41.8 Å². The molecule has 1 heterocycles. The molecule has 0 aliphatic carbocycles. The Morgan fingerprint density at radius 1 is 1.24 bits per heavy atom. The van der Waals surface area contributed by atoms with E-state index in [1.54, 1.807) is 6.92 Å². The number of aromatic amines is 1. The van der Waals surface area contributed by atoms with Crippen molar-refractivity contribution < 1.29 is 14.3 Å². The number of carbonyl (C=O) groups excluding carboxylic acids is 1. The topological polar surface area (TPSA) is 76.2 Å². The highest BCUT2D eigenvalue weighted by molar-refractivity contribution is 5.81. The second-order valence-electron chi connectivity index (χ2n) is 6.22. The largest absolute Gasteiger partial charge is 0.379 e. The number of imidazole rings is 1. The summed E-state index contributed by atoms with van der Waals surface area (Å²) >= 11 is 0. The van der Waals surface area contributed by atoms with Gasteiger partial charge >= 0.3 is 0 Å². The lowest BCUT2D eigenvalue weighted by molar-refractivity contribution is -0.133. The van der Waals surface area contributed by atoms with Gasteiger partial charge in [-0.15, -0.1) is 0 Å². The highest BCUT2D eigenvalue weighted by atomic mass is 16.5. The van der Waals surface area contributed by atoms with E-state index in [0.717, 1.165) is 23.3 Å². The maximum atomic E-state index is 12.5. The molecule has 6 nitrogen and oxygen atoms in total. The van der Waals surface area contributed by atoms with Crippen molar-refractivity contribution in [1.29, 1.82) is 0 Å². The third-order valence-electron chi connectivity index (χ3n) is 4.38. The smallest absolute Gasteiger partial charge is 0.249 e. The molecule has 2 aromatic rings. The van der Waals surface area contributed by atoms with Crippen LogP contribution in [0.4, 0.5) is 0 Å². The standard InChI is InChI=1S/C19H29N3O3/c1-5-13(3)17(18-20-15-9-7-8-10-16(15)21-18)22-19(23)14(4)25-12-11-24-6-2/h7-10,13-14,17H,5-6,11-12H2,1-4H3,(H,20,21)(H,22,23)/t13-,14+,17+/m0/s1. The van der Waals surface area contributed by atoms with Crippen molar-refractivity contribution >= 4 is 16.9 Å². The van der Waals surface area contributed by atoms with Crippen LogP contribution < -0.4 is 5.32 Å². The molecule has 1 aromatic heterocycles. The summed E-state index contributed by atoms with van der Waals surface area (Å²) in [7, 11) is 0. The molecule has 0 aliphatic heterocycles. The fraction of sp³-hybridized carbons (Fsp3) is 0.579. The Morgan fingerprint density at radius 3 is 2.68 bits per heavy atom. The van der Waals surface area contributed by atoms with E-state index in [1.807, 2.05) is 31.2 Å². The summed E-state index contributed by atoms with van der Waals surface area (Å²) in [4.78, 5) is 20.5. The normalized spacial score (nSPS) is 15.0. The van der Waals surface area contributed by atoms with Crippen LogP contribution in [0.3, 0.4) is 0 Å². The van der Waals surface area contributed by atoms with Crippen molar-refractivity contribution in [2.45, 2.75) is 46.3 Å². The molecular formula is C19H29N3O3. The molecule has 0 saturated heterocycles. The van der Waals surface area contributed by atoms with E-state index in [9.17, 15) is 4.79 Å². The van der Waals surface area contributed by atoms with Gasteiger partial charge in [-0.1, -0.05) is 32.4 Å². The van der Waals surface area contributed by atoms with Crippen molar-refractivity contribution in [3.8, 4) is 0 Å². The van der Waals surface area contributed by atoms with Crippen molar-refractivity contribution in [3.63, 3.8) is 0 Å². The van der Waals surface area contributed by atoms with Gasteiger partial charge in [-0.25, -0.2) is 4.98 Å². The minimum absolute atomic E-state index is 0.137. The van der Waals surface area contributed by atoms with Gasteiger partial charge in [-0.05, 0) is 31.9 Å². The summed E-state index contributed by atoms with van der Waals surface area (Å²) in [5.41, 5.74) is 1.88. The molecule has 2 rings (SSSR count). The molecule has 0 radical (unpaired) electrons. The monoisotopic (exact) mass is 347 g/mol. The van der Waals surface area contributed by atoms with Gasteiger partial charge in [0.1, 0.15) is 11.9 Å². The van der Waals surface area contributed by atoms with Crippen LogP contribution in [0.25, 0.3) is 11.0 Å². The molecule has 0 unspecified atom stereocenters. The highest BCUT2D eigenvalue weighted by Crippen LogP contribution is 2.24. The van der Waals surface area contributed by atoms with E-state index < -0.39 is 6.10 Å². The molecule has 138 valence electrons. The first-order valence-corrected chi connectivity index (χ1v) is 9.01. The SMILES string of the molecule is CCOCCO[C@H](C)C(=O)N[C@@H](c1nc2ccccc2[nH]1)[C@@H](C)CC. The van der Waals surface area contributed by atoms with Gasteiger partial charge in [0, 0.05) is 6.61 Å². The summed E-state index contributed by atoms with van der Waals surface area (Å²) in [5, 5.41) is 3.09. The van der Waals surface area contributed by atoms with Crippen LogP contribution in [0.15, 0.2) is 24.3 Å². The van der Waals surface area contributed by atoms with Crippen molar-refractivity contribution in [1.82, 2.24) is 15.3 Å². The molecule has 1 amide bonds. The Balaban J connectivity index is 2.05. The number of amides is 1. The number of hydrogen-bond donors (Lipinski definition) is 2. The van der Waals surface area contributed by atoms with Crippen LogP contribution in [-0.2, 0) is 14.3 Å². The van der Waals surface area contributed by atoms with Gasteiger partial charge in [-0.2, -0.15) is 0 Å². The Morgan fingerprint density at radius 2 is 2.00 bits per heavy atom.